The molecule has 0 spiro atoms. The molecule has 3 N–H and O–H groups in total. The number of hydrogen-bond acceptors (Lipinski definition) is 3. The van der Waals surface area contributed by atoms with Gasteiger partial charge < -0.3 is 4.74 Å². The first-order valence-electron chi connectivity index (χ1n) is 6.87. The van der Waals surface area contributed by atoms with Crippen LogP contribution in [0.3, 0.4) is 0 Å². The monoisotopic (exact) mass is 248 g/mol. The Morgan fingerprint density at radius 1 is 1.39 bits per heavy atom. The maximum Gasteiger partial charge on any atom is 0.0462 e. The molecule has 0 aromatic heterocycles. The largest absolute Gasteiger partial charge is 0.385 e. The first-order valence-corrected chi connectivity index (χ1v) is 6.87. The first kappa shape index (κ1) is 13.5. The van der Waals surface area contributed by atoms with Crippen molar-refractivity contribution >= 4 is 0 Å². The van der Waals surface area contributed by atoms with Gasteiger partial charge in [0.25, 0.3) is 0 Å². The molecule has 1 aliphatic carbocycles. The van der Waals surface area contributed by atoms with Crippen LogP contribution in [0.15, 0.2) is 24.3 Å². The van der Waals surface area contributed by atoms with Gasteiger partial charge in [0.15, 0.2) is 0 Å². The molecular weight excluding hydrogens is 224 g/mol. The van der Waals surface area contributed by atoms with Gasteiger partial charge in [0.05, 0.1) is 0 Å². The number of nitrogens with one attached hydrogen (secondary N) is 1. The summed E-state index contributed by atoms with van der Waals surface area (Å²) in [5, 5.41) is 0. The lowest BCUT2D eigenvalue weighted by Gasteiger charge is -2.31. The summed E-state index contributed by atoms with van der Waals surface area (Å²) in [5.74, 6) is 6.37. The second-order valence-electron chi connectivity index (χ2n) is 5.18. The van der Waals surface area contributed by atoms with Crippen molar-refractivity contribution in [1.29, 1.82) is 0 Å². The Morgan fingerprint density at radius 2 is 2.17 bits per heavy atom. The van der Waals surface area contributed by atoms with Crippen LogP contribution in [0.1, 0.15) is 30.4 Å². The molecule has 0 fully saturated rings. The minimum atomic E-state index is 0.411. The van der Waals surface area contributed by atoms with Crippen LogP contribution in [0.25, 0.3) is 0 Å². The number of methoxy groups -OCH3 is 1. The average molecular weight is 248 g/mol. The van der Waals surface area contributed by atoms with E-state index in [-0.39, 0.29) is 0 Å². The number of rotatable bonds is 6. The van der Waals surface area contributed by atoms with Crippen molar-refractivity contribution in [3.8, 4) is 0 Å². The van der Waals surface area contributed by atoms with Crippen molar-refractivity contribution in [1.82, 2.24) is 5.43 Å². The highest BCUT2D eigenvalue weighted by atomic mass is 16.5. The summed E-state index contributed by atoms with van der Waals surface area (Å²) in [5.41, 5.74) is 6.02. The third kappa shape index (κ3) is 3.31. The average Bonchev–Trinajstić information content (AvgIpc) is 2.43. The highest BCUT2D eigenvalue weighted by Crippen LogP contribution is 2.28. The number of benzene rings is 1. The zero-order chi connectivity index (χ0) is 12.8. The maximum absolute atomic E-state index is 5.71. The van der Waals surface area contributed by atoms with E-state index in [1.807, 2.05) is 0 Å². The van der Waals surface area contributed by atoms with Gasteiger partial charge in [0, 0.05) is 19.8 Å². The third-order valence-corrected chi connectivity index (χ3v) is 4.03. The molecule has 0 radical (unpaired) electrons. The Bertz CT molecular complexity index is 367. The molecule has 2 unspecified atom stereocenters. The number of aryl methyl sites for hydroxylation is 1. The van der Waals surface area contributed by atoms with Crippen molar-refractivity contribution in [2.24, 2.45) is 11.8 Å². The summed E-state index contributed by atoms with van der Waals surface area (Å²) >= 11 is 0. The smallest absolute Gasteiger partial charge is 0.0462 e. The van der Waals surface area contributed by atoms with Crippen molar-refractivity contribution in [2.45, 2.75) is 38.1 Å². The lowest BCUT2D eigenvalue weighted by Crippen LogP contribution is -2.43. The van der Waals surface area contributed by atoms with Crippen molar-refractivity contribution in [3.05, 3.63) is 35.4 Å². The van der Waals surface area contributed by atoms with E-state index in [0.29, 0.717) is 12.0 Å². The van der Waals surface area contributed by atoms with Gasteiger partial charge in [0.1, 0.15) is 0 Å². The fourth-order valence-corrected chi connectivity index (χ4v) is 2.97. The lowest BCUT2D eigenvalue weighted by molar-refractivity contribution is 0.181. The van der Waals surface area contributed by atoms with Gasteiger partial charge in [-0.2, -0.15) is 0 Å². The van der Waals surface area contributed by atoms with Crippen molar-refractivity contribution < 1.29 is 4.74 Å². The van der Waals surface area contributed by atoms with Gasteiger partial charge in [-0.3, -0.25) is 11.3 Å². The molecule has 2 rings (SSSR count). The van der Waals surface area contributed by atoms with Crippen molar-refractivity contribution in [2.75, 3.05) is 13.7 Å². The molecular formula is C15H24N2O. The van der Waals surface area contributed by atoms with Gasteiger partial charge in [-0.05, 0) is 49.1 Å². The second kappa shape index (κ2) is 6.88. The molecule has 1 aliphatic rings. The molecule has 18 heavy (non-hydrogen) atoms. The molecule has 0 amide bonds. The van der Waals surface area contributed by atoms with Crippen LogP contribution < -0.4 is 11.3 Å². The Kier molecular flexibility index (Phi) is 5.17. The Hall–Kier alpha value is -0.900. The predicted molar refractivity (Wildman–Crippen MR) is 74.2 cm³/mol. The van der Waals surface area contributed by atoms with E-state index in [4.69, 9.17) is 10.6 Å². The van der Waals surface area contributed by atoms with E-state index in [2.05, 4.69) is 29.7 Å². The Morgan fingerprint density at radius 3 is 2.89 bits per heavy atom. The lowest BCUT2D eigenvalue weighted by atomic mass is 9.79. The number of hydrogen-bond donors (Lipinski definition) is 2. The summed E-state index contributed by atoms with van der Waals surface area (Å²) in [6, 6.07) is 9.19. The molecule has 3 heteroatoms. The minimum absolute atomic E-state index is 0.411. The highest BCUT2D eigenvalue weighted by Gasteiger charge is 2.24. The molecule has 2 atom stereocenters. The van der Waals surface area contributed by atoms with E-state index in [0.717, 1.165) is 25.9 Å². The Balaban J connectivity index is 1.93. The summed E-state index contributed by atoms with van der Waals surface area (Å²) < 4.78 is 5.11. The first-order chi connectivity index (χ1) is 8.85. The SMILES string of the molecule is COCCCC(NN)C1CCc2ccccc2C1. The van der Waals surface area contributed by atoms with Gasteiger partial charge in [0.2, 0.25) is 0 Å². The van der Waals surface area contributed by atoms with E-state index in [1.54, 1.807) is 7.11 Å². The van der Waals surface area contributed by atoms with Crippen LogP contribution in [0, 0.1) is 5.92 Å². The Labute approximate surface area is 110 Å². The van der Waals surface area contributed by atoms with Gasteiger partial charge in [-0.25, -0.2) is 0 Å². The molecule has 3 nitrogen and oxygen atoms in total. The van der Waals surface area contributed by atoms with E-state index in [9.17, 15) is 0 Å². The molecule has 0 heterocycles. The summed E-state index contributed by atoms with van der Waals surface area (Å²) in [6.45, 7) is 0.821. The van der Waals surface area contributed by atoms with E-state index < -0.39 is 0 Å². The second-order valence-corrected chi connectivity index (χ2v) is 5.18. The molecule has 100 valence electrons. The zero-order valence-electron chi connectivity index (χ0n) is 11.2. The van der Waals surface area contributed by atoms with Crippen LogP contribution in [0.4, 0.5) is 0 Å². The molecule has 0 saturated carbocycles. The fraction of sp³-hybridized carbons (Fsp3) is 0.600. The van der Waals surface area contributed by atoms with Gasteiger partial charge >= 0.3 is 0 Å². The van der Waals surface area contributed by atoms with Gasteiger partial charge in [-0.1, -0.05) is 24.3 Å². The molecule has 0 aliphatic heterocycles. The van der Waals surface area contributed by atoms with Crippen LogP contribution in [-0.2, 0) is 17.6 Å². The van der Waals surface area contributed by atoms with E-state index in [1.165, 1.54) is 24.0 Å². The molecule has 0 bridgehead atoms. The number of nitrogens with two attached hydrogens (primary N) is 1. The summed E-state index contributed by atoms with van der Waals surface area (Å²) in [4.78, 5) is 0. The minimum Gasteiger partial charge on any atom is -0.385 e. The molecule has 1 aromatic rings. The topological polar surface area (TPSA) is 47.3 Å². The standard InChI is InChI=1S/C15H24N2O/c1-18-10-4-7-15(17-16)14-9-8-12-5-2-3-6-13(12)11-14/h2-3,5-6,14-15,17H,4,7-11,16H2,1H3. The van der Waals surface area contributed by atoms with Gasteiger partial charge in [-0.15, -0.1) is 0 Å². The highest BCUT2D eigenvalue weighted by molar-refractivity contribution is 5.29. The quantitative estimate of drug-likeness (QED) is 0.460. The van der Waals surface area contributed by atoms with Crippen LogP contribution in [0.5, 0.6) is 0 Å². The summed E-state index contributed by atoms with van der Waals surface area (Å²) in [6.07, 6.45) is 5.74. The number of ether oxygens (including phenoxy) is 1. The van der Waals surface area contributed by atoms with Crippen molar-refractivity contribution in [3.63, 3.8) is 0 Å². The van der Waals surface area contributed by atoms with E-state index >= 15 is 0 Å². The number of fused-ring (bicyclic) bond motifs is 1. The van der Waals surface area contributed by atoms with Crippen LogP contribution in [-0.4, -0.2) is 19.8 Å². The predicted octanol–water partition coefficient (Wildman–Crippen LogP) is 2.05. The zero-order valence-corrected chi connectivity index (χ0v) is 11.2. The third-order valence-electron chi connectivity index (χ3n) is 4.03. The molecule has 1 aromatic carbocycles. The maximum atomic E-state index is 5.71. The van der Waals surface area contributed by atoms with Crippen LogP contribution >= 0.6 is 0 Å². The van der Waals surface area contributed by atoms with Crippen LogP contribution in [0.2, 0.25) is 0 Å². The number of hydrazine groups is 1. The molecule has 0 saturated heterocycles. The fourth-order valence-electron chi connectivity index (χ4n) is 2.97. The normalized spacial score (nSPS) is 20.4. The summed E-state index contributed by atoms with van der Waals surface area (Å²) in [7, 11) is 1.75.